The van der Waals surface area contributed by atoms with Crippen LogP contribution in [0.3, 0.4) is 0 Å². The Hall–Kier alpha value is -2.77. The number of nitrogen functional groups attached to an aromatic ring is 1. The second kappa shape index (κ2) is 12.6. The number of carbonyl (C=O) groups excluding carboxylic acids is 1. The van der Waals surface area contributed by atoms with Gasteiger partial charge in [0.25, 0.3) is 0 Å². The van der Waals surface area contributed by atoms with Crippen LogP contribution in [0, 0.1) is 0 Å². The summed E-state index contributed by atoms with van der Waals surface area (Å²) in [5, 5.41) is 2.63. The lowest BCUT2D eigenvalue weighted by atomic mass is 10.2. The van der Waals surface area contributed by atoms with E-state index in [0.29, 0.717) is 45.3 Å². The Morgan fingerprint density at radius 3 is 2.26 bits per heavy atom. The van der Waals surface area contributed by atoms with Gasteiger partial charge in [-0.05, 0) is 29.8 Å². The van der Waals surface area contributed by atoms with Crippen LogP contribution in [0.15, 0.2) is 54.6 Å². The van der Waals surface area contributed by atoms with Gasteiger partial charge in [-0.1, -0.05) is 30.3 Å². The highest BCUT2D eigenvalue weighted by Crippen LogP contribution is 2.12. The third-order valence-corrected chi connectivity index (χ3v) is 3.48. The fourth-order valence-electron chi connectivity index (χ4n) is 2.10. The summed E-state index contributed by atoms with van der Waals surface area (Å²) in [5.41, 5.74) is 7.25. The number of carbonyl (C=O) groups is 1. The van der Waals surface area contributed by atoms with Crippen LogP contribution in [-0.2, 0) is 20.8 Å². The largest absolute Gasteiger partial charge is 0.491 e. The molecule has 0 spiro atoms. The Morgan fingerprint density at radius 2 is 1.52 bits per heavy atom. The van der Waals surface area contributed by atoms with Crippen molar-refractivity contribution in [3.05, 3.63) is 60.2 Å². The molecule has 1 amide bonds. The summed E-state index contributed by atoms with van der Waals surface area (Å²) in [6.45, 7) is 2.86. The average Bonchev–Trinajstić information content (AvgIpc) is 2.70. The molecule has 0 aromatic heterocycles. The van der Waals surface area contributed by atoms with E-state index in [9.17, 15) is 4.79 Å². The minimum atomic E-state index is -0.460. The quantitative estimate of drug-likeness (QED) is 0.438. The van der Waals surface area contributed by atoms with Gasteiger partial charge in [0, 0.05) is 12.2 Å². The van der Waals surface area contributed by atoms with Gasteiger partial charge in [0.15, 0.2) is 0 Å². The number of anilines is 1. The number of benzene rings is 2. The van der Waals surface area contributed by atoms with E-state index in [-0.39, 0.29) is 6.61 Å². The van der Waals surface area contributed by atoms with E-state index in [4.69, 9.17) is 24.7 Å². The van der Waals surface area contributed by atoms with Gasteiger partial charge >= 0.3 is 6.09 Å². The van der Waals surface area contributed by atoms with E-state index in [1.807, 2.05) is 42.5 Å². The van der Waals surface area contributed by atoms with Crippen LogP contribution in [0.1, 0.15) is 5.56 Å². The molecule has 7 nitrogen and oxygen atoms in total. The molecule has 2 rings (SSSR count). The molecular formula is C20H26N2O5. The molecule has 0 heterocycles. The van der Waals surface area contributed by atoms with Gasteiger partial charge in [-0.15, -0.1) is 0 Å². The number of hydrogen-bond acceptors (Lipinski definition) is 6. The first kappa shape index (κ1) is 20.5. The fourth-order valence-corrected chi connectivity index (χ4v) is 2.10. The molecule has 7 heteroatoms. The van der Waals surface area contributed by atoms with E-state index in [2.05, 4.69) is 5.32 Å². The van der Waals surface area contributed by atoms with Gasteiger partial charge in [-0.25, -0.2) is 4.79 Å². The molecule has 0 radical (unpaired) electrons. The number of rotatable bonds is 12. The topological polar surface area (TPSA) is 92.0 Å². The smallest absolute Gasteiger partial charge is 0.407 e. The van der Waals surface area contributed by atoms with Crippen LogP contribution in [0.5, 0.6) is 5.75 Å². The molecule has 0 unspecified atom stereocenters. The minimum absolute atomic E-state index is 0.250. The van der Waals surface area contributed by atoms with Gasteiger partial charge < -0.3 is 30.0 Å². The molecule has 146 valence electrons. The van der Waals surface area contributed by atoms with Gasteiger partial charge in [-0.3, -0.25) is 0 Å². The van der Waals surface area contributed by atoms with Crippen LogP contribution < -0.4 is 15.8 Å². The van der Waals surface area contributed by atoms with Crippen LogP contribution in [-0.4, -0.2) is 45.7 Å². The van der Waals surface area contributed by atoms with E-state index in [1.165, 1.54) is 0 Å². The first-order valence-electron chi connectivity index (χ1n) is 8.82. The average molecular weight is 374 g/mol. The Morgan fingerprint density at radius 1 is 0.852 bits per heavy atom. The number of amides is 1. The fraction of sp³-hybridized carbons (Fsp3) is 0.350. The summed E-state index contributed by atoms with van der Waals surface area (Å²) in [5.74, 6) is 0.759. The van der Waals surface area contributed by atoms with E-state index in [0.717, 1.165) is 11.3 Å². The maximum absolute atomic E-state index is 11.5. The van der Waals surface area contributed by atoms with Crippen LogP contribution in [0.25, 0.3) is 0 Å². The monoisotopic (exact) mass is 374 g/mol. The number of nitrogens with two attached hydrogens (primary N) is 1. The predicted molar refractivity (Wildman–Crippen MR) is 103 cm³/mol. The van der Waals surface area contributed by atoms with Crippen molar-refractivity contribution in [1.82, 2.24) is 5.32 Å². The molecule has 0 saturated carbocycles. The standard InChI is InChI=1S/C20H26N2O5/c21-18-6-8-19(9-7-18)26-15-14-25-13-12-24-11-10-22-20(23)27-16-17-4-2-1-3-5-17/h1-9H,10-16,21H2,(H,22,23). The molecule has 3 N–H and O–H groups in total. The van der Waals surface area contributed by atoms with Crippen molar-refractivity contribution in [2.45, 2.75) is 6.61 Å². The molecule has 0 fully saturated rings. The molecule has 2 aromatic carbocycles. The highest BCUT2D eigenvalue weighted by molar-refractivity contribution is 5.67. The molecule has 0 bridgehead atoms. The summed E-state index contributed by atoms with van der Waals surface area (Å²) in [6, 6.07) is 16.7. The van der Waals surface area contributed by atoms with Crippen molar-refractivity contribution in [2.75, 3.05) is 45.3 Å². The molecular weight excluding hydrogens is 348 g/mol. The molecule has 0 saturated heterocycles. The molecule has 0 atom stereocenters. The number of hydrogen-bond donors (Lipinski definition) is 2. The molecule has 0 aliphatic carbocycles. The zero-order valence-electron chi connectivity index (χ0n) is 15.3. The lowest BCUT2D eigenvalue weighted by molar-refractivity contribution is 0.0369. The predicted octanol–water partition coefficient (Wildman–Crippen LogP) is 2.61. The second-order valence-electron chi connectivity index (χ2n) is 5.63. The summed E-state index contributed by atoms with van der Waals surface area (Å²) in [7, 11) is 0. The summed E-state index contributed by atoms with van der Waals surface area (Å²) < 4.78 is 21.4. The number of alkyl carbamates (subject to hydrolysis) is 1. The SMILES string of the molecule is Nc1ccc(OCCOCCOCCNC(=O)OCc2ccccc2)cc1. The molecule has 27 heavy (non-hydrogen) atoms. The van der Waals surface area contributed by atoms with Crippen molar-refractivity contribution >= 4 is 11.8 Å². The molecule has 0 aliphatic heterocycles. The van der Waals surface area contributed by atoms with Gasteiger partial charge in [0.1, 0.15) is 19.0 Å². The molecule has 0 aliphatic rings. The first-order valence-corrected chi connectivity index (χ1v) is 8.82. The summed E-state index contributed by atoms with van der Waals surface area (Å²) in [6.07, 6.45) is -0.460. The minimum Gasteiger partial charge on any atom is -0.491 e. The maximum atomic E-state index is 11.5. The van der Waals surface area contributed by atoms with Gasteiger partial charge in [0.05, 0.1) is 26.4 Å². The highest BCUT2D eigenvalue weighted by atomic mass is 16.6. The number of ether oxygens (including phenoxy) is 4. The van der Waals surface area contributed by atoms with Crippen LogP contribution in [0.2, 0.25) is 0 Å². The highest BCUT2D eigenvalue weighted by Gasteiger charge is 2.01. The third-order valence-electron chi connectivity index (χ3n) is 3.48. The molecule has 2 aromatic rings. The van der Waals surface area contributed by atoms with Crippen molar-refractivity contribution in [2.24, 2.45) is 0 Å². The zero-order chi connectivity index (χ0) is 19.2. The second-order valence-corrected chi connectivity index (χ2v) is 5.63. The normalized spacial score (nSPS) is 10.4. The Balaban J connectivity index is 1.37. The van der Waals surface area contributed by atoms with E-state index >= 15 is 0 Å². The lowest BCUT2D eigenvalue weighted by Crippen LogP contribution is -2.28. The summed E-state index contributed by atoms with van der Waals surface area (Å²) in [4.78, 5) is 11.5. The van der Waals surface area contributed by atoms with E-state index in [1.54, 1.807) is 12.1 Å². The Labute approximate surface area is 159 Å². The number of nitrogens with one attached hydrogen (secondary N) is 1. The van der Waals surface area contributed by atoms with Gasteiger partial charge in [-0.2, -0.15) is 0 Å². The maximum Gasteiger partial charge on any atom is 0.407 e. The van der Waals surface area contributed by atoms with Crippen molar-refractivity contribution in [3.63, 3.8) is 0 Å². The third kappa shape index (κ3) is 9.48. The van der Waals surface area contributed by atoms with Crippen molar-refractivity contribution < 1.29 is 23.7 Å². The lowest BCUT2D eigenvalue weighted by Gasteiger charge is -2.09. The summed E-state index contributed by atoms with van der Waals surface area (Å²) >= 11 is 0. The van der Waals surface area contributed by atoms with Crippen molar-refractivity contribution in [3.8, 4) is 5.75 Å². The van der Waals surface area contributed by atoms with E-state index < -0.39 is 6.09 Å². The van der Waals surface area contributed by atoms with Crippen molar-refractivity contribution in [1.29, 1.82) is 0 Å². The first-order chi connectivity index (χ1) is 13.2. The van der Waals surface area contributed by atoms with Crippen LogP contribution >= 0.6 is 0 Å². The Kier molecular flexibility index (Phi) is 9.56. The van der Waals surface area contributed by atoms with Crippen LogP contribution in [0.4, 0.5) is 10.5 Å². The zero-order valence-corrected chi connectivity index (χ0v) is 15.3. The van der Waals surface area contributed by atoms with Gasteiger partial charge in [0.2, 0.25) is 0 Å². The Bertz CT molecular complexity index is 649.